The number of hydrogen-bond acceptors (Lipinski definition) is 28. The Balaban J connectivity index is 0.914. The van der Waals surface area contributed by atoms with E-state index in [0.29, 0.717) is 25.7 Å². The van der Waals surface area contributed by atoms with Crippen LogP contribution in [0.2, 0.25) is 0 Å². The first-order valence-corrected chi connectivity index (χ1v) is 34.7. The quantitative estimate of drug-likeness (QED) is 0.0406. The summed E-state index contributed by atoms with van der Waals surface area (Å²) in [6, 6.07) is 0. The van der Waals surface area contributed by atoms with E-state index in [1.165, 1.54) is 33.3 Å². The molecule has 0 amide bonds. The Kier molecular flexibility index (Phi) is 25.4. The Morgan fingerprint density at radius 2 is 1.06 bits per heavy atom. The van der Waals surface area contributed by atoms with Crippen LogP contribution in [0.4, 0.5) is 0 Å². The lowest BCUT2D eigenvalue weighted by Gasteiger charge is -2.62. The summed E-state index contributed by atoms with van der Waals surface area (Å²) in [6.45, 7) is 19.9. The lowest BCUT2D eigenvalue weighted by molar-refractivity contribution is -0.402. The predicted molar refractivity (Wildman–Crippen MR) is 339 cm³/mol. The number of rotatable bonds is 25. The number of aliphatic hydroxyl groups is 19. The third-order valence-corrected chi connectivity index (χ3v) is 24.9. The van der Waals surface area contributed by atoms with E-state index >= 15 is 0 Å². The van der Waals surface area contributed by atoms with Gasteiger partial charge in [-0.15, -0.1) is 0 Å². The summed E-state index contributed by atoms with van der Waals surface area (Å²) in [4.78, 5) is 0. The number of hydrogen-bond donors (Lipinski definition) is 19. The average molecular weight is 1390 g/mol. The minimum atomic E-state index is -2.24. The summed E-state index contributed by atoms with van der Waals surface area (Å²) in [5, 5.41) is 208. The van der Waals surface area contributed by atoms with Crippen molar-refractivity contribution < 1.29 is 140 Å². The topological polar surface area (TPSA) is 467 Å². The third kappa shape index (κ3) is 15.3. The average Bonchev–Trinajstić information content (AvgIpc) is 0.712. The standard InChI is InChI=1S/C68H120O28/c1-31(14-18-45(62(6,7)87)91-30-66(11)60(96-68(13)59(86)54(81)49(76)41(24-71)95-68)55(82)50(77)42(94-66)26-89-29-65(10)58(85)53(80)48(75)40(23-70)93-65)32(2)35-20-43(72)67(12)36(33(35)3)15-16-37-38(67)17-19-44(61(37,4)5)90-27-63(8)21-34(46(73)51(78)56(63)83)25-88-28-64(9)57(84)52(79)47(74)39(22-69)92-64/h16,31-36,38-60,69-87H,14-15,17-30H2,1-13H3/t31?,32-,33-,34?,35?,36?,38-,39?,40?,41?,42?,43?,44?,45?,46+,47+,48-,49-,50-,51+,52+,53?,54?,55?,56?,57?,58+,59+,60+,63-,64-,65?,66+,67-,68+/m0/s1. The van der Waals surface area contributed by atoms with Crippen molar-refractivity contribution in [1.82, 2.24) is 0 Å². The van der Waals surface area contributed by atoms with Gasteiger partial charge in [-0.1, -0.05) is 60.1 Å². The fraction of sp³-hybridized carbons (Fsp3) is 0.971. The molecule has 0 aromatic heterocycles. The van der Waals surface area contributed by atoms with Crippen LogP contribution in [0.5, 0.6) is 0 Å². The molecule has 17 unspecified atom stereocenters. The maximum Gasteiger partial charge on any atom is 0.195 e. The molecule has 0 spiro atoms. The molecule has 28 nitrogen and oxygen atoms in total. The highest BCUT2D eigenvalue weighted by atomic mass is 16.7. The molecule has 0 radical (unpaired) electrons. The van der Waals surface area contributed by atoms with E-state index in [9.17, 15) is 97.0 Å². The van der Waals surface area contributed by atoms with Gasteiger partial charge in [0.2, 0.25) is 0 Å². The molecule has 35 atom stereocenters. The van der Waals surface area contributed by atoms with Crippen molar-refractivity contribution in [3.05, 3.63) is 11.6 Å². The van der Waals surface area contributed by atoms with Crippen LogP contribution in [0.15, 0.2) is 11.6 Å². The normalized spacial score (nSPS) is 50.2. The summed E-state index contributed by atoms with van der Waals surface area (Å²) in [6.07, 6.45) is -25.9. The van der Waals surface area contributed by atoms with E-state index in [1.54, 1.807) is 20.8 Å². The molecule has 0 aromatic rings. The predicted octanol–water partition coefficient (Wildman–Crippen LogP) is -2.95. The smallest absolute Gasteiger partial charge is 0.195 e. The summed E-state index contributed by atoms with van der Waals surface area (Å²) < 4.78 is 55.6. The second kappa shape index (κ2) is 30.4. The molecular weight excluding hydrogens is 1260 g/mol. The Labute approximate surface area is 564 Å². The van der Waals surface area contributed by atoms with Crippen molar-refractivity contribution in [3.63, 3.8) is 0 Å². The second-order valence-electron chi connectivity index (χ2n) is 32.7. The molecule has 0 aromatic carbocycles. The van der Waals surface area contributed by atoms with Crippen LogP contribution in [-0.2, 0) is 42.6 Å². The molecule has 3 saturated carbocycles. The lowest BCUT2D eigenvalue weighted by atomic mass is 9.44. The van der Waals surface area contributed by atoms with Crippen LogP contribution >= 0.6 is 0 Å². The van der Waals surface area contributed by atoms with Gasteiger partial charge in [-0.2, -0.15) is 0 Å². The molecule has 560 valence electrons. The first kappa shape index (κ1) is 80.3. The zero-order valence-electron chi connectivity index (χ0n) is 58.3. The Bertz CT molecular complexity index is 2540. The summed E-state index contributed by atoms with van der Waals surface area (Å²) in [5.74, 6) is -2.36. The van der Waals surface area contributed by atoms with Crippen molar-refractivity contribution in [2.45, 2.75) is 297 Å². The van der Waals surface area contributed by atoms with Crippen molar-refractivity contribution >= 4 is 0 Å². The highest BCUT2D eigenvalue weighted by Gasteiger charge is 2.63. The minimum absolute atomic E-state index is 0.0353. The van der Waals surface area contributed by atoms with E-state index in [-0.39, 0.29) is 67.9 Å². The zero-order chi connectivity index (χ0) is 71.7. The molecule has 4 aliphatic carbocycles. The van der Waals surface area contributed by atoms with Crippen molar-refractivity contribution in [2.24, 2.45) is 57.7 Å². The van der Waals surface area contributed by atoms with Crippen LogP contribution in [0.25, 0.3) is 0 Å². The van der Waals surface area contributed by atoms with Gasteiger partial charge in [0.05, 0.1) is 95.6 Å². The summed E-state index contributed by atoms with van der Waals surface area (Å²) in [5.41, 5.74) is -7.30. The van der Waals surface area contributed by atoms with Crippen molar-refractivity contribution in [3.8, 4) is 0 Å². The summed E-state index contributed by atoms with van der Waals surface area (Å²) >= 11 is 0. The van der Waals surface area contributed by atoms with Crippen LogP contribution in [0, 0.1) is 57.7 Å². The highest BCUT2D eigenvalue weighted by molar-refractivity contribution is 5.29. The van der Waals surface area contributed by atoms with Gasteiger partial charge in [0, 0.05) is 22.2 Å². The SMILES string of the molecule is CC(CCC(OC[C@@]1(C)OC(COCC2(C)OC(CO)[C@H](O)C(O)[C@H]2O)[C@H](O)C(O)[C@H]1O[C@@]1(C)OC(CO)[C@H](O)C(O)[C@H]1O)C(C)(C)O)[C@H](C)C1CC(O)[C@@]2(C)C(CC=C3[C@@H]2CCC(OC[C@]2(C)CC(COC[C@]4(C)OC(CO)[C@@H](O)[C@@H](O)C4O)[C@@H](O)[C@@H](O)C2O)C3(C)C)[C@H]1C. The maximum atomic E-state index is 12.6. The maximum absolute atomic E-state index is 12.6. The van der Waals surface area contributed by atoms with Gasteiger partial charge in [-0.25, -0.2) is 0 Å². The summed E-state index contributed by atoms with van der Waals surface area (Å²) in [7, 11) is 0. The molecule has 96 heavy (non-hydrogen) atoms. The van der Waals surface area contributed by atoms with Gasteiger partial charge in [0.25, 0.3) is 0 Å². The van der Waals surface area contributed by atoms with Crippen LogP contribution in [0.1, 0.15) is 135 Å². The largest absolute Gasteiger partial charge is 0.394 e. The zero-order valence-corrected chi connectivity index (χ0v) is 58.3. The van der Waals surface area contributed by atoms with E-state index in [1.807, 2.05) is 0 Å². The molecule has 4 aliphatic heterocycles. The van der Waals surface area contributed by atoms with Gasteiger partial charge >= 0.3 is 0 Å². The van der Waals surface area contributed by atoms with Gasteiger partial charge in [-0.3, -0.25) is 0 Å². The Morgan fingerprint density at radius 3 is 1.60 bits per heavy atom. The highest BCUT2D eigenvalue weighted by Crippen LogP contribution is 2.64. The molecule has 4 saturated heterocycles. The van der Waals surface area contributed by atoms with Gasteiger partial charge in [-0.05, 0) is 122 Å². The molecule has 19 N–H and O–H groups in total. The molecule has 8 aliphatic rings. The first-order valence-electron chi connectivity index (χ1n) is 34.7. The monoisotopic (exact) mass is 1380 g/mol. The van der Waals surface area contributed by atoms with E-state index < -0.39 is 218 Å². The second-order valence-corrected chi connectivity index (χ2v) is 32.7. The Morgan fingerprint density at radius 1 is 0.562 bits per heavy atom. The van der Waals surface area contributed by atoms with Crippen LogP contribution < -0.4 is 0 Å². The molecular formula is C68H120O28. The molecule has 0 bridgehead atoms. The van der Waals surface area contributed by atoms with Gasteiger partial charge in [0.15, 0.2) is 5.79 Å². The lowest BCUT2D eigenvalue weighted by Crippen LogP contribution is -2.72. The van der Waals surface area contributed by atoms with Crippen molar-refractivity contribution in [1.29, 1.82) is 0 Å². The number of ether oxygens (including phenoxy) is 9. The number of allylic oxidation sites excluding steroid dienone is 1. The number of aliphatic hydroxyl groups excluding tert-OH is 18. The fourth-order valence-electron chi connectivity index (χ4n) is 18.0. The molecule has 28 heteroatoms. The minimum Gasteiger partial charge on any atom is -0.394 e. The molecule has 4 heterocycles. The van der Waals surface area contributed by atoms with E-state index in [0.717, 1.165) is 12.8 Å². The molecule has 8 rings (SSSR count). The fourth-order valence-corrected chi connectivity index (χ4v) is 18.0. The number of fused-ring (bicyclic) bond motifs is 3. The Hall–Kier alpha value is -1.38. The van der Waals surface area contributed by atoms with Crippen molar-refractivity contribution in [2.75, 3.05) is 59.5 Å². The van der Waals surface area contributed by atoms with Crippen LogP contribution in [-0.4, -0.2) is 319 Å². The van der Waals surface area contributed by atoms with E-state index in [4.69, 9.17) is 42.6 Å². The van der Waals surface area contributed by atoms with Crippen LogP contribution in [0.3, 0.4) is 0 Å². The third-order valence-electron chi connectivity index (χ3n) is 24.9. The first-order chi connectivity index (χ1) is 44.5. The van der Waals surface area contributed by atoms with Gasteiger partial charge < -0.3 is 140 Å². The van der Waals surface area contributed by atoms with Gasteiger partial charge in [0.1, 0.15) is 121 Å². The molecule has 7 fully saturated rings. The van der Waals surface area contributed by atoms with E-state index in [2.05, 4.69) is 47.6 Å².